The van der Waals surface area contributed by atoms with Gasteiger partial charge in [-0.3, -0.25) is 4.79 Å². The Morgan fingerprint density at radius 2 is 1.62 bits per heavy atom. The molecule has 1 amide bonds. The average molecular weight is 224 g/mol. The lowest BCUT2D eigenvalue weighted by Crippen LogP contribution is -2.47. The van der Waals surface area contributed by atoms with Gasteiger partial charge in [-0.05, 0) is 43.4 Å². The van der Waals surface area contributed by atoms with E-state index < -0.39 is 0 Å². The largest absolute Gasteiger partial charge is 0.341 e. The van der Waals surface area contributed by atoms with E-state index in [9.17, 15) is 4.79 Å². The molecule has 2 saturated carbocycles. The first-order valence-corrected chi connectivity index (χ1v) is 6.62. The van der Waals surface area contributed by atoms with Crippen LogP contribution in [-0.2, 0) is 4.79 Å². The van der Waals surface area contributed by atoms with E-state index in [1.54, 1.807) is 0 Å². The summed E-state index contributed by atoms with van der Waals surface area (Å²) in [7, 11) is 0. The zero-order chi connectivity index (χ0) is 11.7. The van der Waals surface area contributed by atoms with Gasteiger partial charge >= 0.3 is 0 Å². The molecule has 3 heteroatoms. The van der Waals surface area contributed by atoms with Gasteiger partial charge in [-0.25, -0.2) is 0 Å². The number of hydrogen-bond donors (Lipinski definition) is 1. The fraction of sp³-hybridized carbons (Fsp3) is 0.923. The van der Waals surface area contributed by atoms with E-state index >= 15 is 0 Å². The van der Waals surface area contributed by atoms with Crippen LogP contribution in [0.3, 0.4) is 0 Å². The van der Waals surface area contributed by atoms with Gasteiger partial charge in [-0.2, -0.15) is 0 Å². The Hall–Kier alpha value is -0.570. The molecule has 0 aliphatic heterocycles. The molecule has 0 radical (unpaired) electrons. The molecule has 2 aliphatic carbocycles. The lowest BCUT2D eigenvalue weighted by molar-refractivity contribution is -0.134. The molecule has 2 rings (SSSR count). The Labute approximate surface area is 98.4 Å². The summed E-state index contributed by atoms with van der Waals surface area (Å²) in [6.45, 7) is 5.95. The van der Waals surface area contributed by atoms with E-state index in [-0.39, 0.29) is 17.9 Å². The molecule has 3 nitrogen and oxygen atoms in total. The second kappa shape index (κ2) is 4.74. The highest BCUT2D eigenvalue weighted by molar-refractivity contribution is 5.82. The van der Waals surface area contributed by atoms with Crippen molar-refractivity contribution in [1.82, 2.24) is 4.90 Å². The number of rotatable bonds is 6. The van der Waals surface area contributed by atoms with Crippen molar-refractivity contribution in [3.63, 3.8) is 0 Å². The lowest BCUT2D eigenvalue weighted by Gasteiger charge is -2.27. The molecule has 1 unspecified atom stereocenters. The quantitative estimate of drug-likeness (QED) is 0.745. The van der Waals surface area contributed by atoms with Crippen molar-refractivity contribution in [1.29, 1.82) is 0 Å². The molecular weight excluding hydrogens is 200 g/mol. The molecule has 92 valence electrons. The predicted octanol–water partition coefficient (Wildman–Crippen LogP) is 1.62. The molecule has 0 aromatic rings. The van der Waals surface area contributed by atoms with Crippen molar-refractivity contribution in [2.24, 2.45) is 23.5 Å². The van der Waals surface area contributed by atoms with Crippen molar-refractivity contribution in [2.45, 2.75) is 45.6 Å². The second-order valence-corrected chi connectivity index (χ2v) is 5.90. The fourth-order valence-electron chi connectivity index (χ4n) is 1.97. The van der Waals surface area contributed by atoms with Crippen LogP contribution in [0.15, 0.2) is 0 Å². The zero-order valence-electron chi connectivity index (χ0n) is 10.5. The summed E-state index contributed by atoms with van der Waals surface area (Å²) in [6.07, 6.45) is 5.19. The minimum absolute atomic E-state index is 0.175. The second-order valence-electron chi connectivity index (χ2n) is 5.90. The molecule has 16 heavy (non-hydrogen) atoms. The molecule has 2 fully saturated rings. The number of nitrogens with two attached hydrogens (primary N) is 1. The van der Waals surface area contributed by atoms with Gasteiger partial charge < -0.3 is 10.6 Å². The van der Waals surface area contributed by atoms with E-state index in [0.717, 1.165) is 24.9 Å². The number of carbonyl (C=O) groups is 1. The van der Waals surface area contributed by atoms with Crippen LogP contribution in [0.4, 0.5) is 0 Å². The van der Waals surface area contributed by atoms with Crippen LogP contribution in [-0.4, -0.2) is 29.9 Å². The smallest absolute Gasteiger partial charge is 0.239 e. The van der Waals surface area contributed by atoms with Gasteiger partial charge in [0, 0.05) is 13.1 Å². The highest BCUT2D eigenvalue weighted by atomic mass is 16.2. The van der Waals surface area contributed by atoms with Gasteiger partial charge in [-0.15, -0.1) is 0 Å². The van der Waals surface area contributed by atoms with Crippen molar-refractivity contribution in [3.05, 3.63) is 0 Å². The third-order valence-corrected chi connectivity index (χ3v) is 3.67. The van der Waals surface area contributed by atoms with E-state index in [4.69, 9.17) is 5.73 Å². The molecule has 2 N–H and O–H groups in total. The van der Waals surface area contributed by atoms with Crippen LogP contribution in [0.5, 0.6) is 0 Å². The summed E-state index contributed by atoms with van der Waals surface area (Å²) >= 11 is 0. The summed E-state index contributed by atoms with van der Waals surface area (Å²) in [5, 5.41) is 0. The molecule has 0 aromatic heterocycles. The summed E-state index contributed by atoms with van der Waals surface area (Å²) in [4.78, 5) is 14.3. The number of carbonyl (C=O) groups excluding carboxylic acids is 1. The number of nitrogens with zero attached hydrogens (tertiary/aromatic N) is 1. The van der Waals surface area contributed by atoms with Gasteiger partial charge in [0.15, 0.2) is 0 Å². The van der Waals surface area contributed by atoms with Crippen LogP contribution in [0, 0.1) is 17.8 Å². The zero-order valence-corrected chi connectivity index (χ0v) is 10.5. The first kappa shape index (κ1) is 11.9. The van der Waals surface area contributed by atoms with Crippen LogP contribution in [0.2, 0.25) is 0 Å². The van der Waals surface area contributed by atoms with Crippen molar-refractivity contribution >= 4 is 5.91 Å². The highest BCUT2D eigenvalue weighted by Gasteiger charge is 2.33. The Morgan fingerprint density at radius 1 is 1.19 bits per heavy atom. The van der Waals surface area contributed by atoms with Gasteiger partial charge in [-0.1, -0.05) is 13.8 Å². The maximum atomic E-state index is 12.2. The first-order valence-electron chi connectivity index (χ1n) is 6.62. The van der Waals surface area contributed by atoms with Crippen LogP contribution < -0.4 is 5.73 Å². The maximum absolute atomic E-state index is 12.2. The summed E-state index contributed by atoms with van der Waals surface area (Å²) in [5.41, 5.74) is 5.96. The first-order chi connectivity index (χ1) is 7.58. The van der Waals surface area contributed by atoms with Gasteiger partial charge in [0.05, 0.1) is 6.04 Å². The molecule has 1 atom stereocenters. The van der Waals surface area contributed by atoms with Crippen LogP contribution in [0.1, 0.15) is 39.5 Å². The molecule has 0 aromatic carbocycles. The Bertz CT molecular complexity index is 243. The molecule has 0 heterocycles. The van der Waals surface area contributed by atoms with E-state index in [1.807, 2.05) is 18.7 Å². The lowest BCUT2D eigenvalue weighted by atomic mass is 10.0. The highest BCUT2D eigenvalue weighted by Crippen LogP contribution is 2.34. The van der Waals surface area contributed by atoms with Crippen molar-refractivity contribution < 1.29 is 4.79 Å². The molecule has 0 bridgehead atoms. The third-order valence-electron chi connectivity index (χ3n) is 3.67. The van der Waals surface area contributed by atoms with Crippen molar-refractivity contribution in [3.8, 4) is 0 Å². The predicted molar refractivity (Wildman–Crippen MR) is 64.8 cm³/mol. The monoisotopic (exact) mass is 224 g/mol. The van der Waals surface area contributed by atoms with E-state index in [1.165, 1.54) is 25.7 Å². The Morgan fingerprint density at radius 3 is 1.94 bits per heavy atom. The fourth-order valence-corrected chi connectivity index (χ4v) is 1.97. The minimum Gasteiger partial charge on any atom is -0.341 e. The van der Waals surface area contributed by atoms with Crippen LogP contribution >= 0.6 is 0 Å². The molecule has 0 saturated heterocycles. The van der Waals surface area contributed by atoms with Gasteiger partial charge in [0.2, 0.25) is 5.91 Å². The molecule has 2 aliphatic rings. The number of hydrogen-bond acceptors (Lipinski definition) is 2. The average Bonchev–Trinajstić information content (AvgIpc) is 3.08. The van der Waals surface area contributed by atoms with Crippen molar-refractivity contribution in [2.75, 3.05) is 13.1 Å². The summed E-state index contributed by atoms with van der Waals surface area (Å²) in [5.74, 6) is 1.95. The Balaban J connectivity index is 1.89. The summed E-state index contributed by atoms with van der Waals surface area (Å²) < 4.78 is 0. The normalized spacial score (nSPS) is 22.2. The third kappa shape index (κ3) is 3.21. The molecular formula is C13H24N2O. The van der Waals surface area contributed by atoms with Gasteiger partial charge in [0.25, 0.3) is 0 Å². The SMILES string of the molecule is CC(C)C(N)C(=O)N(CC1CC1)CC1CC1. The van der Waals surface area contributed by atoms with E-state index in [0.29, 0.717) is 0 Å². The minimum atomic E-state index is -0.308. The van der Waals surface area contributed by atoms with E-state index in [2.05, 4.69) is 0 Å². The standard InChI is InChI=1S/C13H24N2O/c1-9(2)12(14)13(16)15(7-10-3-4-10)8-11-5-6-11/h9-12H,3-8,14H2,1-2H3. The van der Waals surface area contributed by atoms with Crippen LogP contribution in [0.25, 0.3) is 0 Å². The molecule has 0 spiro atoms. The van der Waals surface area contributed by atoms with Gasteiger partial charge in [0.1, 0.15) is 0 Å². The summed E-state index contributed by atoms with van der Waals surface area (Å²) in [6, 6.07) is -0.308. The maximum Gasteiger partial charge on any atom is 0.239 e. The Kier molecular flexibility index (Phi) is 3.53. The topological polar surface area (TPSA) is 46.3 Å². The number of amides is 1.